The molecule has 1 aromatic heterocycles. The molecule has 0 atom stereocenters. The minimum atomic E-state index is -0.315. The molecule has 4 rings (SSSR count). The molecule has 0 saturated carbocycles. The van der Waals surface area contributed by atoms with Crippen LogP contribution in [0, 0.1) is 0 Å². The third-order valence-corrected chi connectivity index (χ3v) is 6.43. The summed E-state index contributed by atoms with van der Waals surface area (Å²) in [6.45, 7) is 6.88. The normalized spacial score (nSPS) is 15.1. The summed E-state index contributed by atoms with van der Waals surface area (Å²) >= 11 is 1.38. The third-order valence-electron chi connectivity index (χ3n) is 5.39. The molecule has 3 heterocycles. The number of nitrogens with zero attached hydrogens (tertiary/aromatic N) is 4. The van der Waals surface area contributed by atoms with Gasteiger partial charge in [0.1, 0.15) is 6.54 Å². The molecular weight excluding hydrogens is 444 g/mol. The molecular formula is C20H24ClN4O5S-. The van der Waals surface area contributed by atoms with Crippen LogP contribution in [0.25, 0.3) is 10.2 Å². The van der Waals surface area contributed by atoms with Crippen molar-refractivity contribution in [1.29, 1.82) is 0 Å². The van der Waals surface area contributed by atoms with Crippen LogP contribution in [-0.2, 0) is 14.4 Å². The largest absolute Gasteiger partial charge is 1.00 e. The van der Waals surface area contributed by atoms with Crippen molar-refractivity contribution >= 4 is 44.4 Å². The molecule has 1 saturated heterocycles. The fourth-order valence-corrected chi connectivity index (χ4v) is 4.57. The number of thiazole rings is 1. The summed E-state index contributed by atoms with van der Waals surface area (Å²) in [5.74, 6) is 0.379. The highest BCUT2D eigenvalue weighted by Crippen LogP contribution is 2.39. The average Bonchev–Trinajstić information content (AvgIpc) is 3.43. The van der Waals surface area contributed by atoms with Crippen molar-refractivity contribution < 1.29 is 36.3 Å². The molecule has 0 radical (unpaired) electrons. The Labute approximate surface area is 190 Å². The quantitative estimate of drug-likeness (QED) is 0.453. The first kappa shape index (κ1) is 23.2. The van der Waals surface area contributed by atoms with Crippen LogP contribution in [0.5, 0.6) is 11.5 Å². The van der Waals surface area contributed by atoms with Gasteiger partial charge in [-0.15, -0.1) is 0 Å². The monoisotopic (exact) mass is 467 g/mol. The van der Waals surface area contributed by atoms with Crippen LogP contribution in [0.4, 0.5) is 5.13 Å². The Kier molecular flexibility index (Phi) is 7.34. The molecule has 2 aliphatic heterocycles. The molecule has 1 fully saturated rings. The smallest absolute Gasteiger partial charge is 0.248 e. The number of carbonyl (C=O) groups excluding carboxylic acids is 3. The van der Waals surface area contributed by atoms with Gasteiger partial charge in [0.15, 0.2) is 16.6 Å². The molecule has 1 aromatic carbocycles. The van der Waals surface area contributed by atoms with E-state index >= 15 is 0 Å². The lowest BCUT2D eigenvalue weighted by atomic mass is 10.3. The minimum Gasteiger partial charge on any atom is -1.00 e. The Hall–Kier alpha value is -2.43. The van der Waals surface area contributed by atoms with E-state index in [1.807, 2.05) is 6.07 Å². The highest BCUT2D eigenvalue weighted by Gasteiger charge is 2.33. The van der Waals surface area contributed by atoms with Gasteiger partial charge in [0, 0.05) is 38.1 Å². The number of imide groups is 1. The van der Waals surface area contributed by atoms with Crippen LogP contribution in [0.15, 0.2) is 12.1 Å². The van der Waals surface area contributed by atoms with E-state index in [4.69, 9.17) is 9.47 Å². The van der Waals surface area contributed by atoms with Crippen molar-refractivity contribution in [2.24, 2.45) is 0 Å². The summed E-state index contributed by atoms with van der Waals surface area (Å²) in [6.07, 6.45) is 0.330. The number of likely N-dealkylation sites (N-methyl/N-ethyl adjacent to an activating group) is 1. The van der Waals surface area contributed by atoms with Crippen molar-refractivity contribution in [2.75, 3.05) is 44.4 Å². The lowest BCUT2D eigenvalue weighted by Gasteiger charge is -2.26. The molecule has 2 aliphatic rings. The number of halogens is 1. The predicted octanol–water partition coefficient (Wildman–Crippen LogP) is -1.15. The summed E-state index contributed by atoms with van der Waals surface area (Å²) in [7, 11) is 0. The molecule has 168 valence electrons. The van der Waals surface area contributed by atoms with Crippen molar-refractivity contribution in [3.05, 3.63) is 12.1 Å². The van der Waals surface area contributed by atoms with E-state index in [9.17, 15) is 14.4 Å². The second-order valence-electron chi connectivity index (χ2n) is 7.12. The first-order chi connectivity index (χ1) is 14.5. The number of aromatic nitrogens is 1. The van der Waals surface area contributed by atoms with E-state index in [0.29, 0.717) is 35.2 Å². The number of rotatable bonds is 8. The van der Waals surface area contributed by atoms with E-state index in [-0.39, 0.29) is 56.3 Å². The number of benzene rings is 1. The van der Waals surface area contributed by atoms with E-state index in [1.165, 1.54) is 11.3 Å². The van der Waals surface area contributed by atoms with E-state index in [1.54, 1.807) is 11.0 Å². The van der Waals surface area contributed by atoms with Gasteiger partial charge < -0.3 is 26.8 Å². The number of amides is 3. The molecule has 9 nitrogen and oxygen atoms in total. The first-order valence-electron chi connectivity index (χ1n) is 10.1. The maximum atomic E-state index is 13.1. The molecule has 2 aromatic rings. The topological polar surface area (TPSA) is 92.3 Å². The fourth-order valence-electron chi connectivity index (χ4n) is 3.55. The van der Waals surface area contributed by atoms with Crippen LogP contribution in [-0.4, -0.2) is 72.0 Å². The molecule has 0 spiro atoms. The molecule has 11 heteroatoms. The maximum absolute atomic E-state index is 13.1. The molecule has 0 unspecified atom stereocenters. The number of hydrogen-bond donors (Lipinski definition) is 0. The summed E-state index contributed by atoms with van der Waals surface area (Å²) in [4.78, 5) is 46.6. The lowest BCUT2D eigenvalue weighted by molar-refractivity contribution is -0.141. The Morgan fingerprint density at radius 1 is 1.10 bits per heavy atom. The van der Waals surface area contributed by atoms with Crippen LogP contribution < -0.4 is 26.8 Å². The number of fused-ring (bicyclic) bond motifs is 2. The second-order valence-corrected chi connectivity index (χ2v) is 8.12. The SMILES string of the molecule is CCN(CC)CCN(C(=O)CN1C(=O)CCC1=O)c1nc2cc3c(cc2s1)OCO3.[Cl-]. The van der Waals surface area contributed by atoms with Gasteiger partial charge in [-0.1, -0.05) is 25.2 Å². The molecule has 0 N–H and O–H groups in total. The Morgan fingerprint density at radius 3 is 2.39 bits per heavy atom. The van der Waals surface area contributed by atoms with Gasteiger partial charge in [0.25, 0.3) is 0 Å². The standard InChI is InChI=1S/C20H24N4O5S.ClH/c1-3-22(4-2)7-8-23(19(27)11-24-17(25)5-6-18(24)26)20-21-13-9-14-15(29-12-28-14)10-16(13)30-20;/h9-10H,3-8,11-12H2,1-2H3;1H/p-1. The second kappa shape index (κ2) is 9.80. The van der Waals surface area contributed by atoms with Crippen molar-refractivity contribution in [1.82, 2.24) is 14.8 Å². The summed E-state index contributed by atoms with van der Waals surface area (Å²) in [6, 6.07) is 3.66. The zero-order chi connectivity index (χ0) is 21.3. The van der Waals surface area contributed by atoms with Gasteiger partial charge in [0.05, 0.1) is 10.2 Å². The molecule has 31 heavy (non-hydrogen) atoms. The zero-order valence-corrected chi connectivity index (χ0v) is 19.0. The predicted molar refractivity (Wildman–Crippen MR) is 112 cm³/mol. The van der Waals surface area contributed by atoms with Gasteiger partial charge in [-0.3, -0.25) is 24.2 Å². The summed E-state index contributed by atoms with van der Waals surface area (Å²) in [5.41, 5.74) is 0.716. The zero-order valence-electron chi connectivity index (χ0n) is 17.4. The minimum absolute atomic E-state index is 0. The Morgan fingerprint density at radius 2 is 1.74 bits per heavy atom. The third kappa shape index (κ3) is 4.76. The fraction of sp³-hybridized carbons (Fsp3) is 0.500. The summed E-state index contributed by atoms with van der Waals surface area (Å²) in [5, 5.41) is 0.532. The van der Waals surface area contributed by atoms with Gasteiger partial charge >= 0.3 is 0 Å². The van der Waals surface area contributed by atoms with Gasteiger partial charge in [-0.05, 0) is 13.1 Å². The maximum Gasteiger partial charge on any atom is 0.248 e. The number of likely N-dealkylation sites (tertiary alicyclic amines) is 1. The van der Waals surface area contributed by atoms with Crippen molar-refractivity contribution in [3.8, 4) is 11.5 Å². The lowest BCUT2D eigenvalue weighted by Crippen LogP contribution is -3.00. The highest BCUT2D eigenvalue weighted by atomic mass is 35.5. The number of hydrogen-bond acceptors (Lipinski definition) is 8. The van der Waals surface area contributed by atoms with Crippen LogP contribution in [0.1, 0.15) is 26.7 Å². The Balaban J connectivity index is 0.00000272. The molecule has 0 bridgehead atoms. The number of carbonyl (C=O) groups is 3. The van der Waals surface area contributed by atoms with Crippen LogP contribution in [0.3, 0.4) is 0 Å². The summed E-state index contributed by atoms with van der Waals surface area (Å²) < 4.78 is 11.7. The van der Waals surface area contributed by atoms with Crippen molar-refractivity contribution in [2.45, 2.75) is 26.7 Å². The number of anilines is 1. The van der Waals surface area contributed by atoms with Gasteiger partial charge in [-0.25, -0.2) is 4.98 Å². The number of ether oxygens (including phenoxy) is 2. The Bertz CT molecular complexity index is 936. The van der Waals surface area contributed by atoms with E-state index in [2.05, 4.69) is 23.7 Å². The first-order valence-corrected chi connectivity index (χ1v) is 10.9. The molecule has 0 aliphatic carbocycles. The molecule has 3 amide bonds. The van der Waals surface area contributed by atoms with Gasteiger partial charge in [0.2, 0.25) is 24.5 Å². The van der Waals surface area contributed by atoms with E-state index < -0.39 is 0 Å². The van der Waals surface area contributed by atoms with Gasteiger partial charge in [-0.2, -0.15) is 0 Å². The van der Waals surface area contributed by atoms with Crippen LogP contribution >= 0.6 is 11.3 Å². The highest BCUT2D eigenvalue weighted by molar-refractivity contribution is 7.22. The van der Waals surface area contributed by atoms with Crippen molar-refractivity contribution in [3.63, 3.8) is 0 Å². The van der Waals surface area contributed by atoms with Crippen LogP contribution in [0.2, 0.25) is 0 Å². The van der Waals surface area contributed by atoms with E-state index in [0.717, 1.165) is 22.7 Å². The average molecular weight is 468 g/mol.